The number of aromatic carboxylic acids is 1. The molecule has 7 heteroatoms. The van der Waals surface area contributed by atoms with Crippen molar-refractivity contribution in [2.75, 3.05) is 0 Å². The summed E-state index contributed by atoms with van der Waals surface area (Å²) in [5.41, 5.74) is -0.0496. The smallest absolute Gasteiger partial charge is 0.371 e. The Kier molecular flexibility index (Phi) is 3.46. The van der Waals surface area contributed by atoms with Crippen LogP contribution in [0.3, 0.4) is 0 Å². The molecule has 0 fully saturated rings. The van der Waals surface area contributed by atoms with E-state index in [9.17, 15) is 18.0 Å². The van der Waals surface area contributed by atoms with Crippen LogP contribution in [0.2, 0.25) is 0 Å². The molecule has 0 radical (unpaired) electrons. The molecule has 0 amide bonds. The Hall–Kier alpha value is -2.41. The molecule has 0 aliphatic rings. The minimum absolute atomic E-state index is 0.0570. The Bertz CT molecular complexity index is 815. The second-order valence-electron chi connectivity index (χ2n) is 4.09. The van der Waals surface area contributed by atoms with Gasteiger partial charge in [-0.3, -0.25) is 4.79 Å². The summed E-state index contributed by atoms with van der Waals surface area (Å²) in [6.07, 6.45) is 0.654. The maximum Gasteiger partial charge on any atom is 0.371 e. The van der Waals surface area contributed by atoms with Crippen LogP contribution in [-0.2, 0) is 9.84 Å². The van der Waals surface area contributed by atoms with Gasteiger partial charge in [-0.2, -0.15) is 0 Å². The number of carbonyl (C=O) groups is 1. The molecule has 1 aromatic heterocycles. The summed E-state index contributed by atoms with van der Waals surface area (Å²) in [6, 6.07) is 6.58. The predicted molar refractivity (Wildman–Crippen MR) is 68.6 cm³/mol. The number of rotatable bonds is 3. The first kappa shape index (κ1) is 14.0. The Morgan fingerprint density at radius 3 is 2.30 bits per heavy atom. The van der Waals surface area contributed by atoms with E-state index in [1.54, 1.807) is 19.1 Å². The third-order valence-electron chi connectivity index (χ3n) is 2.63. The zero-order valence-electron chi connectivity index (χ0n) is 10.4. The molecule has 0 bridgehead atoms. The summed E-state index contributed by atoms with van der Waals surface area (Å²) < 4.78 is 29.1. The number of benzene rings is 1. The normalized spacial score (nSPS) is 11.2. The average molecular weight is 294 g/mol. The van der Waals surface area contributed by atoms with Gasteiger partial charge in [-0.25, -0.2) is 13.2 Å². The van der Waals surface area contributed by atoms with Crippen LogP contribution < -0.4 is 5.43 Å². The number of hydrogen-bond acceptors (Lipinski definition) is 5. The lowest BCUT2D eigenvalue weighted by Crippen LogP contribution is -2.16. The van der Waals surface area contributed by atoms with E-state index >= 15 is 0 Å². The molecule has 6 nitrogen and oxygen atoms in total. The number of hydrogen-bond donors (Lipinski definition) is 1. The van der Waals surface area contributed by atoms with Crippen molar-refractivity contribution in [1.82, 2.24) is 0 Å². The number of carboxylic acids is 1. The summed E-state index contributed by atoms with van der Waals surface area (Å²) in [4.78, 5) is 21.7. The molecule has 2 rings (SSSR count). The highest BCUT2D eigenvalue weighted by Crippen LogP contribution is 2.18. The van der Waals surface area contributed by atoms with Crippen molar-refractivity contribution in [3.8, 4) is 0 Å². The van der Waals surface area contributed by atoms with Crippen molar-refractivity contribution in [2.24, 2.45) is 0 Å². The van der Waals surface area contributed by atoms with Gasteiger partial charge in [0.15, 0.2) is 4.90 Å². The van der Waals surface area contributed by atoms with Gasteiger partial charge in [0.05, 0.1) is 4.90 Å². The summed E-state index contributed by atoms with van der Waals surface area (Å²) in [5, 5.41) is 8.67. The van der Waals surface area contributed by atoms with Crippen LogP contribution >= 0.6 is 0 Å². The van der Waals surface area contributed by atoms with Crippen molar-refractivity contribution in [1.29, 1.82) is 0 Å². The molecule has 1 N–H and O–H groups in total. The van der Waals surface area contributed by atoms with Gasteiger partial charge in [0.1, 0.15) is 6.26 Å². The highest BCUT2D eigenvalue weighted by atomic mass is 32.2. The summed E-state index contributed by atoms with van der Waals surface area (Å²) in [6.45, 7) is 1.80. The Morgan fingerprint density at radius 1 is 1.20 bits per heavy atom. The predicted octanol–water partition coefficient (Wildman–Crippen LogP) is 1.48. The maximum atomic E-state index is 12.2. The third-order valence-corrected chi connectivity index (χ3v) is 4.40. The summed E-state index contributed by atoms with van der Waals surface area (Å²) >= 11 is 0. The Labute approximate surface area is 114 Å². The van der Waals surface area contributed by atoms with Crippen LogP contribution in [0, 0.1) is 6.92 Å². The molecule has 0 saturated carbocycles. The van der Waals surface area contributed by atoms with Crippen molar-refractivity contribution in [2.45, 2.75) is 16.7 Å². The van der Waals surface area contributed by atoms with Gasteiger partial charge >= 0.3 is 5.97 Å². The zero-order valence-corrected chi connectivity index (χ0v) is 11.2. The van der Waals surface area contributed by atoms with E-state index in [0.717, 1.165) is 5.56 Å². The third kappa shape index (κ3) is 2.48. The molecule has 0 atom stereocenters. The number of carboxylic acid groups (broad SMARTS) is 1. The van der Waals surface area contributed by atoms with Crippen molar-refractivity contribution < 1.29 is 22.7 Å². The monoisotopic (exact) mass is 294 g/mol. The minimum atomic E-state index is -4.03. The average Bonchev–Trinajstić information content (AvgIpc) is 2.38. The molecule has 2 aromatic rings. The quantitative estimate of drug-likeness (QED) is 0.920. The van der Waals surface area contributed by atoms with E-state index in [0.29, 0.717) is 12.3 Å². The van der Waals surface area contributed by atoms with Crippen molar-refractivity contribution >= 4 is 15.8 Å². The van der Waals surface area contributed by atoms with Gasteiger partial charge in [0, 0.05) is 6.07 Å². The highest BCUT2D eigenvalue weighted by Gasteiger charge is 2.23. The van der Waals surface area contributed by atoms with E-state index in [-0.39, 0.29) is 4.90 Å². The van der Waals surface area contributed by atoms with E-state index in [1.165, 1.54) is 12.1 Å². The fourth-order valence-electron chi connectivity index (χ4n) is 1.55. The largest absolute Gasteiger partial charge is 0.475 e. The highest BCUT2D eigenvalue weighted by molar-refractivity contribution is 7.91. The van der Waals surface area contributed by atoms with Gasteiger partial charge in [-0.15, -0.1) is 0 Å². The van der Waals surface area contributed by atoms with Gasteiger partial charge < -0.3 is 9.52 Å². The fraction of sp³-hybridized carbons (Fsp3) is 0.0769. The molecule has 104 valence electrons. The van der Waals surface area contributed by atoms with E-state index < -0.39 is 31.9 Å². The van der Waals surface area contributed by atoms with E-state index in [2.05, 4.69) is 4.42 Å². The van der Waals surface area contributed by atoms with Gasteiger partial charge in [-0.05, 0) is 19.1 Å². The second kappa shape index (κ2) is 4.93. The Morgan fingerprint density at radius 2 is 1.80 bits per heavy atom. The first-order valence-corrected chi connectivity index (χ1v) is 6.98. The molecular formula is C13H10O6S. The molecule has 0 aliphatic carbocycles. The standard InChI is InChI=1S/C13H10O6S/c1-8-2-4-9(5-3-8)20(17,18)12-7-19-11(13(15)16)6-10(12)14/h2-7H,1H3,(H,15,16). The lowest BCUT2D eigenvalue weighted by atomic mass is 10.2. The molecule has 0 saturated heterocycles. The Balaban J connectivity index is 2.58. The van der Waals surface area contributed by atoms with Gasteiger partial charge in [-0.1, -0.05) is 17.7 Å². The van der Waals surface area contributed by atoms with E-state index in [4.69, 9.17) is 5.11 Å². The van der Waals surface area contributed by atoms with Crippen LogP contribution in [0.25, 0.3) is 0 Å². The maximum absolute atomic E-state index is 12.2. The van der Waals surface area contributed by atoms with Crippen molar-refractivity contribution in [3.63, 3.8) is 0 Å². The second-order valence-corrected chi connectivity index (χ2v) is 6.01. The van der Waals surface area contributed by atoms with Crippen LogP contribution in [0.4, 0.5) is 0 Å². The molecule has 1 heterocycles. The van der Waals surface area contributed by atoms with Crippen LogP contribution in [0.5, 0.6) is 0 Å². The zero-order chi connectivity index (χ0) is 14.9. The topological polar surface area (TPSA) is 102 Å². The molecule has 0 spiro atoms. The first-order chi connectivity index (χ1) is 9.32. The molecular weight excluding hydrogens is 284 g/mol. The number of aryl methyl sites for hydroxylation is 1. The first-order valence-electron chi connectivity index (χ1n) is 5.50. The minimum Gasteiger partial charge on any atom is -0.475 e. The summed E-state index contributed by atoms with van der Waals surface area (Å²) in [5.74, 6) is -2.06. The molecule has 0 unspecified atom stereocenters. The van der Waals surface area contributed by atoms with Crippen molar-refractivity contribution in [3.05, 3.63) is 58.1 Å². The lowest BCUT2D eigenvalue weighted by molar-refractivity contribution is 0.0658. The van der Waals surface area contributed by atoms with Crippen LogP contribution in [-0.4, -0.2) is 19.5 Å². The number of sulfone groups is 1. The van der Waals surface area contributed by atoms with Crippen LogP contribution in [0.1, 0.15) is 16.1 Å². The SMILES string of the molecule is Cc1ccc(S(=O)(=O)c2coc(C(=O)O)cc2=O)cc1. The molecule has 20 heavy (non-hydrogen) atoms. The van der Waals surface area contributed by atoms with Gasteiger partial charge in [0.2, 0.25) is 21.0 Å². The molecule has 1 aromatic carbocycles. The van der Waals surface area contributed by atoms with Gasteiger partial charge in [0.25, 0.3) is 0 Å². The summed E-state index contributed by atoms with van der Waals surface area (Å²) in [7, 11) is -4.03. The lowest BCUT2D eigenvalue weighted by Gasteiger charge is -2.04. The fourth-order valence-corrected chi connectivity index (χ4v) is 2.80. The van der Waals surface area contributed by atoms with Crippen LogP contribution in [0.15, 0.2) is 55.6 Å². The van der Waals surface area contributed by atoms with E-state index in [1.807, 2.05) is 0 Å². The molecule has 0 aliphatic heterocycles.